The molecule has 0 aliphatic carbocycles. The van der Waals surface area contributed by atoms with E-state index < -0.39 is 35.8 Å². The predicted octanol–water partition coefficient (Wildman–Crippen LogP) is 0.655. The predicted molar refractivity (Wildman–Crippen MR) is 106 cm³/mol. The molecule has 0 fully saturated rings. The summed E-state index contributed by atoms with van der Waals surface area (Å²) in [6.07, 6.45) is 0. The van der Waals surface area contributed by atoms with Gasteiger partial charge in [0, 0.05) is 11.3 Å². The van der Waals surface area contributed by atoms with Gasteiger partial charge in [-0.3, -0.25) is 14.5 Å². The Morgan fingerprint density at radius 3 is 2.39 bits per heavy atom. The second kappa shape index (κ2) is 8.13. The van der Waals surface area contributed by atoms with Gasteiger partial charge in [-0.25, -0.2) is 9.59 Å². The second-order valence-electron chi connectivity index (χ2n) is 6.72. The summed E-state index contributed by atoms with van der Waals surface area (Å²) in [6.45, 7) is 2.61. The van der Waals surface area contributed by atoms with Crippen LogP contribution in [-0.2, 0) is 43.5 Å². The number of esters is 3. The van der Waals surface area contributed by atoms with Crippen LogP contribution in [0.1, 0.15) is 19.4 Å². The number of rotatable bonds is 5. The first-order chi connectivity index (χ1) is 14.7. The highest BCUT2D eigenvalue weighted by Gasteiger charge is 2.64. The van der Waals surface area contributed by atoms with E-state index in [1.807, 2.05) is 0 Å². The fourth-order valence-corrected chi connectivity index (χ4v) is 3.98. The molecule has 1 aromatic carbocycles. The van der Waals surface area contributed by atoms with Gasteiger partial charge in [-0.05, 0) is 19.9 Å². The van der Waals surface area contributed by atoms with E-state index in [4.69, 9.17) is 24.7 Å². The zero-order valence-electron chi connectivity index (χ0n) is 17.5. The van der Waals surface area contributed by atoms with Crippen molar-refractivity contribution >= 4 is 29.5 Å². The number of amides is 1. The number of para-hydroxylation sites is 1. The summed E-state index contributed by atoms with van der Waals surface area (Å²) < 4.78 is 20.2. The summed E-state index contributed by atoms with van der Waals surface area (Å²) in [7, 11) is 2.30. The number of carbonyl (C=O) groups excluding carboxylic acids is 4. The summed E-state index contributed by atoms with van der Waals surface area (Å²) in [6, 6.07) is 6.44. The molecule has 1 atom stereocenters. The molecule has 2 N–H and O–H groups in total. The van der Waals surface area contributed by atoms with E-state index in [-0.39, 0.29) is 35.0 Å². The number of methoxy groups -OCH3 is 2. The molecular weight excluding hydrogens is 408 g/mol. The van der Waals surface area contributed by atoms with Gasteiger partial charge in [-0.2, -0.15) is 0 Å². The summed E-state index contributed by atoms with van der Waals surface area (Å²) in [5.74, 6) is -3.67. The number of fused-ring (bicyclic) bond motifs is 2. The molecule has 2 heterocycles. The fourth-order valence-electron chi connectivity index (χ4n) is 3.98. The van der Waals surface area contributed by atoms with Crippen LogP contribution in [0.5, 0.6) is 0 Å². The van der Waals surface area contributed by atoms with Crippen LogP contribution >= 0.6 is 0 Å². The smallest absolute Gasteiger partial charge is 0.340 e. The Morgan fingerprint density at radius 2 is 1.77 bits per heavy atom. The van der Waals surface area contributed by atoms with E-state index in [0.717, 1.165) is 12.0 Å². The minimum Gasteiger partial charge on any atom is -0.468 e. The number of hydrogen-bond acceptors (Lipinski definition) is 9. The molecule has 3 rings (SSSR count). The normalized spacial score (nSPS) is 19.9. The van der Waals surface area contributed by atoms with Crippen LogP contribution < -0.4 is 10.6 Å². The van der Waals surface area contributed by atoms with Crippen molar-refractivity contribution in [2.45, 2.75) is 19.3 Å². The lowest BCUT2D eigenvalue weighted by Gasteiger charge is -2.36. The second-order valence-corrected chi connectivity index (χ2v) is 6.72. The molecule has 0 aromatic heterocycles. The van der Waals surface area contributed by atoms with Gasteiger partial charge in [0.25, 0.3) is 0 Å². The van der Waals surface area contributed by atoms with Crippen LogP contribution in [0.2, 0.25) is 0 Å². The Hall–Kier alpha value is -3.82. The Balaban J connectivity index is 2.41. The number of benzene rings is 1. The molecule has 0 saturated heterocycles. The van der Waals surface area contributed by atoms with Crippen LogP contribution in [0, 0.1) is 0 Å². The number of ether oxygens (including phenoxy) is 4. The van der Waals surface area contributed by atoms with E-state index in [1.165, 1.54) is 14.0 Å². The molecule has 10 heteroatoms. The highest BCUT2D eigenvalue weighted by Crippen LogP contribution is 2.54. The van der Waals surface area contributed by atoms with Crippen molar-refractivity contribution in [2.24, 2.45) is 5.73 Å². The van der Waals surface area contributed by atoms with E-state index in [9.17, 15) is 19.2 Å². The lowest BCUT2D eigenvalue weighted by molar-refractivity contribution is -0.142. The molecule has 31 heavy (non-hydrogen) atoms. The zero-order valence-corrected chi connectivity index (χ0v) is 17.5. The maximum atomic E-state index is 14.0. The van der Waals surface area contributed by atoms with Crippen molar-refractivity contribution in [3.8, 4) is 0 Å². The molecule has 0 bridgehead atoms. The molecule has 2 aliphatic rings. The van der Waals surface area contributed by atoms with Crippen molar-refractivity contribution in [2.75, 3.05) is 32.3 Å². The van der Waals surface area contributed by atoms with E-state index in [1.54, 1.807) is 31.2 Å². The topological polar surface area (TPSA) is 134 Å². The Bertz CT molecular complexity index is 1040. The van der Waals surface area contributed by atoms with Crippen molar-refractivity contribution in [3.05, 3.63) is 52.6 Å². The third-order valence-corrected chi connectivity index (χ3v) is 5.16. The van der Waals surface area contributed by atoms with Crippen LogP contribution in [0.15, 0.2) is 47.1 Å². The number of carbonyl (C=O) groups is 4. The molecule has 1 aromatic rings. The highest BCUT2D eigenvalue weighted by atomic mass is 16.5. The summed E-state index contributed by atoms with van der Waals surface area (Å²) in [5, 5.41) is 0. The van der Waals surface area contributed by atoms with E-state index >= 15 is 0 Å². The van der Waals surface area contributed by atoms with Crippen molar-refractivity contribution < 1.29 is 38.1 Å². The third kappa shape index (κ3) is 3.11. The average Bonchev–Trinajstić information content (AvgIpc) is 2.97. The molecule has 2 aliphatic heterocycles. The molecule has 0 saturated carbocycles. The molecule has 1 amide bonds. The first-order valence-corrected chi connectivity index (χ1v) is 9.38. The lowest BCUT2D eigenvalue weighted by Crippen LogP contribution is -2.51. The van der Waals surface area contributed by atoms with Crippen molar-refractivity contribution in [3.63, 3.8) is 0 Å². The maximum Gasteiger partial charge on any atom is 0.340 e. The van der Waals surface area contributed by atoms with Gasteiger partial charge in [-0.1, -0.05) is 18.2 Å². The van der Waals surface area contributed by atoms with Crippen LogP contribution in [0.3, 0.4) is 0 Å². The van der Waals surface area contributed by atoms with Gasteiger partial charge in [0.05, 0.1) is 20.8 Å². The number of allylic oxidation sites excluding steroid dienone is 1. The minimum atomic E-state index is -2.02. The Kier molecular flexibility index (Phi) is 5.74. The van der Waals surface area contributed by atoms with Gasteiger partial charge >= 0.3 is 17.9 Å². The van der Waals surface area contributed by atoms with Gasteiger partial charge in [0.15, 0.2) is 0 Å². The number of nitrogens with two attached hydrogens (primary N) is 1. The highest BCUT2D eigenvalue weighted by molar-refractivity contribution is 6.23. The summed E-state index contributed by atoms with van der Waals surface area (Å²) in [4.78, 5) is 53.0. The van der Waals surface area contributed by atoms with Gasteiger partial charge in [-0.15, -0.1) is 0 Å². The van der Waals surface area contributed by atoms with Crippen LogP contribution in [0.4, 0.5) is 5.69 Å². The number of nitrogens with zero attached hydrogens (tertiary/aromatic N) is 1. The first kappa shape index (κ1) is 21.9. The number of hydrogen-bond donors (Lipinski definition) is 1. The maximum absolute atomic E-state index is 14.0. The van der Waals surface area contributed by atoms with E-state index in [2.05, 4.69) is 0 Å². The first-order valence-electron chi connectivity index (χ1n) is 9.38. The average molecular weight is 430 g/mol. The minimum absolute atomic E-state index is 0.00771. The fraction of sp³-hybridized carbons (Fsp3) is 0.333. The molecule has 1 unspecified atom stereocenters. The standard InChI is InChI=1S/C21H22N2O8/c1-5-30-19(26)15-11(2)31-17(22)16(18(25)29-4)21(15)12-8-6-7-9-13(12)23(20(21)27)10-14(24)28-3/h6-9H,5,10,22H2,1-4H3. The largest absolute Gasteiger partial charge is 0.468 e. The zero-order chi connectivity index (χ0) is 22.9. The molecular formula is C21H22N2O8. The third-order valence-electron chi connectivity index (χ3n) is 5.16. The monoisotopic (exact) mass is 430 g/mol. The summed E-state index contributed by atoms with van der Waals surface area (Å²) >= 11 is 0. The molecule has 0 radical (unpaired) electrons. The van der Waals surface area contributed by atoms with Gasteiger partial charge < -0.3 is 24.7 Å². The molecule has 164 valence electrons. The summed E-state index contributed by atoms with van der Waals surface area (Å²) in [5.41, 5.74) is 4.01. The van der Waals surface area contributed by atoms with Crippen LogP contribution in [-0.4, -0.2) is 51.2 Å². The van der Waals surface area contributed by atoms with Gasteiger partial charge in [0.2, 0.25) is 11.8 Å². The SMILES string of the molecule is CCOC(=O)C1=C(C)OC(N)=C(C(=O)OC)C12C(=O)N(CC(=O)OC)c1ccccc12. The Labute approximate surface area is 178 Å². The molecule has 1 spiro atoms. The van der Waals surface area contributed by atoms with Gasteiger partial charge in [0.1, 0.15) is 28.9 Å². The molecule has 10 nitrogen and oxygen atoms in total. The van der Waals surface area contributed by atoms with Crippen molar-refractivity contribution in [1.29, 1.82) is 0 Å². The van der Waals surface area contributed by atoms with E-state index in [0.29, 0.717) is 5.69 Å². The Morgan fingerprint density at radius 1 is 1.10 bits per heavy atom. The van der Waals surface area contributed by atoms with Crippen LogP contribution in [0.25, 0.3) is 0 Å². The van der Waals surface area contributed by atoms with Crippen molar-refractivity contribution in [1.82, 2.24) is 0 Å². The quantitative estimate of drug-likeness (QED) is 0.528. The lowest BCUT2D eigenvalue weighted by atomic mass is 9.67. The number of anilines is 1.